The average molecular weight is 418 g/mol. The molecule has 0 radical (unpaired) electrons. The molecule has 2 N–H and O–H groups in total. The van der Waals surface area contributed by atoms with Crippen LogP contribution < -0.4 is 15.4 Å². The smallest absolute Gasteiger partial charge is 0.341 e. The maximum atomic E-state index is 12.4. The highest BCUT2D eigenvalue weighted by atomic mass is 16.5. The topological polar surface area (TPSA) is 103 Å². The van der Waals surface area contributed by atoms with Crippen molar-refractivity contribution in [1.29, 1.82) is 0 Å². The Morgan fingerprint density at radius 3 is 2.60 bits per heavy atom. The van der Waals surface area contributed by atoms with Gasteiger partial charge in [0.25, 0.3) is 0 Å². The van der Waals surface area contributed by atoms with Crippen molar-refractivity contribution in [3.63, 3.8) is 0 Å². The zero-order valence-electron chi connectivity index (χ0n) is 18.3. The van der Waals surface area contributed by atoms with Crippen LogP contribution in [0.2, 0.25) is 0 Å². The molecule has 0 aromatic heterocycles. The standard InChI is InChI=1S/C22H30N2O6/c1-6-23-22(27)24-19-15(10-8-13(3)9-11-17(25)29-7-2)20(28-5)14(4)16-12-30-21(26)18(16)19/h8H,6-7,9-12H2,1-5H3,(H2,23,24,27). The second kappa shape index (κ2) is 10.7. The van der Waals surface area contributed by atoms with Gasteiger partial charge in [0.2, 0.25) is 0 Å². The summed E-state index contributed by atoms with van der Waals surface area (Å²) in [7, 11) is 1.56. The van der Waals surface area contributed by atoms with Crippen LogP contribution in [0.25, 0.3) is 0 Å². The van der Waals surface area contributed by atoms with Crippen LogP contribution in [0.1, 0.15) is 60.7 Å². The number of carbonyl (C=O) groups excluding carboxylic acids is 3. The van der Waals surface area contributed by atoms with E-state index < -0.39 is 12.0 Å². The van der Waals surface area contributed by atoms with Gasteiger partial charge in [-0.05, 0) is 46.1 Å². The number of carbonyl (C=O) groups is 3. The van der Waals surface area contributed by atoms with Crippen molar-refractivity contribution in [1.82, 2.24) is 5.32 Å². The van der Waals surface area contributed by atoms with E-state index in [1.807, 2.05) is 26.8 Å². The van der Waals surface area contributed by atoms with E-state index >= 15 is 0 Å². The quantitative estimate of drug-likeness (QED) is 0.469. The summed E-state index contributed by atoms with van der Waals surface area (Å²) in [5.41, 5.74) is 3.98. The molecule has 1 aliphatic heterocycles. The van der Waals surface area contributed by atoms with Crippen LogP contribution in [0, 0.1) is 6.92 Å². The molecule has 0 fully saturated rings. The van der Waals surface area contributed by atoms with Gasteiger partial charge in [-0.1, -0.05) is 11.6 Å². The molecule has 2 rings (SSSR count). The van der Waals surface area contributed by atoms with Crippen LogP contribution in [0.4, 0.5) is 10.5 Å². The molecule has 0 bridgehead atoms. The molecule has 30 heavy (non-hydrogen) atoms. The predicted molar refractivity (Wildman–Crippen MR) is 113 cm³/mol. The molecule has 1 heterocycles. The van der Waals surface area contributed by atoms with Crippen molar-refractivity contribution < 1.29 is 28.6 Å². The first-order chi connectivity index (χ1) is 14.3. The first-order valence-electron chi connectivity index (χ1n) is 10.1. The Labute approximate surface area is 176 Å². The normalized spacial score (nSPS) is 12.8. The minimum Gasteiger partial charge on any atom is -0.496 e. The second-order valence-electron chi connectivity index (χ2n) is 6.99. The van der Waals surface area contributed by atoms with Crippen LogP contribution in [0.15, 0.2) is 11.6 Å². The molecule has 1 aliphatic rings. The van der Waals surface area contributed by atoms with Crippen LogP contribution in [0.3, 0.4) is 0 Å². The molecule has 1 aromatic rings. The molecule has 164 valence electrons. The molecule has 0 saturated carbocycles. The van der Waals surface area contributed by atoms with Crippen LogP contribution in [-0.2, 0) is 27.3 Å². The minimum atomic E-state index is -0.466. The highest BCUT2D eigenvalue weighted by molar-refractivity contribution is 6.05. The van der Waals surface area contributed by atoms with Crippen LogP contribution in [0.5, 0.6) is 5.75 Å². The maximum absolute atomic E-state index is 12.4. The molecule has 0 saturated heterocycles. The predicted octanol–water partition coefficient (Wildman–Crippen LogP) is 3.65. The lowest BCUT2D eigenvalue weighted by Gasteiger charge is -2.20. The number of hydrogen-bond acceptors (Lipinski definition) is 6. The lowest BCUT2D eigenvalue weighted by atomic mass is 9.93. The summed E-state index contributed by atoms with van der Waals surface area (Å²) in [4.78, 5) is 36.2. The number of ether oxygens (including phenoxy) is 3. The van der Waals surface area contributed by atoms with E-state index in [-0.39, 0.29) is 12.6 Å². The van der Waals surface area contributed by atoms with E-state index in [0.717, 1.165) is 16.7 Å². The SMILES string of the molecule is CCNC(=O)Nc1c(CC=C(C)CCC(=O)OCC)c(OC)c(C)c2c1C(=O)OC2. The number of urea groups is 1. The van der Waals surface area contributed by atoms with Gasteiger partial charge in [0.1, 0.15) is 12.4 Å². The highest BCUT2D eigenvalue weighted by Gasteiger charge is 2.32. The number of benzene rings is 1. The van der Waals surface area contributed by atoms with Crippen molar-refractivity contribution in [2.45, 2.75) is 53.6 Å². The monoisotopic (exact) mass is 418 g/mol. The van der Waals surface area contributed by atoms with E-state index in [1.165, 1.54) is 0 Å². The number of methoxy groups -OCH3 is 1. The lowest BCUT2D eigenvalue weighted by molar-refractivity contribution is -0.143. The first-order valence-corrected chi connectivity index (χ1v) is 10.1. The Hall–Kier alpha value is -3.03. The number of rotatable bonds is 9. The van der Waals surface area contributed by atoms with Crippen molar-refractivity contribution >= 4 is 23.7 Å². The van der Waals surface area contributed by atoms with Gasteiger partial charge in [0.15, 0.2) is 0 Å². The third-order valence-electron chi connectivity index (χ3n) is 4.94. The van der Waals surface area contributed by atoms with E-state index in [2.05, 4.69) is 10.6 Å². The van der Waals surface area contributed by atoms with Crippen molar-refractivity contribution in [2.75, 3.05) is 25.6 Å². The van der Waals surface area contributed by atoms with Gasteiger partial charge in [-0.3, -0.25) is 4.79 Å². The maximum Gasteiger partial charge on any atom is 0.341 e. The summed E-state index contributed by atoms with van der Waals surface area (Å²) in [5, 5.41) is 5.48. The van der Waals surface area contributed by atoms with Gasteiger partial charge in [0, 0.05) is 24.1 Å². The molecule has 8 heteroatoms. The summed E-state index contributed by atoms with van der Waals surface area (Å²) in [6, 6.07) is -0.408. The Morgan fingerprint density at radius 2 is 1.97 bits per heavy atom. The summed E-state index contributed by atoms with van der Waals surface area (Å²) >= 11 is 0. The molecule has 8 nitrogen and oxygen atoms in total. The number of nitrogens with one attached hydrogen (secondary N) is 2. The van der Waals surface area contributed by atoms with Crippen molar-refractivity contribution in [3.8, 4) is 5.75 Å². The Kier molecular flexibility index (Phi) is 8.26. The zero-order valence-corrected chi connectivity index (χ0v) is 18.3. The summed E-state index contributed by atoms with van der Waals surface area (Å²) in [6.07, 6.45) is 3.24. The Morgan fingerprint density at radius 1 is 1.23 bits per heavy atom. The third-order valence-corrected chi connectivity index (χ3v) is 4.94. The minimum absolute atomic E-state index is 0.148. The molecular weight excluding hydrogens is 388 g/mol. The van der Waals surface area contributed by atoms with Gasteiger partial charge < -0.3 is 24.8 Å². The zero-order chi connectivity index (χ0) is 22.3. The number of allylic oxidation sites excluding steroid dienone is 2. The Bertz CT molecular complexity index is 860. The number of esters is 2. The molecule has 0 unspecified atom stereocenters. The molecule has 2 amide bonds. The molecule has 0 spiro atoms. The fraction of sp³-hybridized carbons (Fsp3) is 0.500. The van der Waals surface area contributed by atoms with E-state index in [0.29, 0.717) is 55.0 Å². The second-order valence-corrected chi connectivity index (χ2v) is 6.99. The van der Waals surface area contributed by atoms with Gasteiger partial charge in [0.05, 0.1) is 25.0 Å². The van der Waals surface area contributed by atoms with E-state index in [9.17, 15) is 14.4 Å². The number of fused-ring (bicyclic) bond motifs is 1. The fourth-order valence-electron chi connectivity index (χ4n) is 3.42. The van der Waals surface area contributed by atoms with E-state index in [1.54, 1.807) is 14.0 Å². The Balaban J connectivity index is 2.41. The fourth-order valence-corrected chi connectivity index (χ4v) is 3.42. The largest absolute Gasteiger partial charge is 0.496 e. The lowest BCUT2D eigenvalue weighted by Crippen LogP contribution is -2.29. The summed E-state index contributed by atoms with van der Waals surface area (Å²) in [5.74, 6) is -0.0994. The summed E-state index contributed by atoms with van der Waals surface area (Å²) in [6.45, 7) is 8.34. The van der Waals surface area contributed by atoms with Crippen LogP contribution >= 0.6 is 0 Å². The molecular formula is C22H30N2O6. The number of anilines is 1. The molecule has 0 atom stereocenters. The highest BCUT2D eigenvalue weighted by Crippen LogP contribution is 2.41. The van der Waals surface area contributed by atoms with Gasteiger partial charge in [-0.15, -0.1) is 0 Å². The van der Waals surface area contributed by atoms with E-state index in [4.69, 9.17) is 14.2 Å². The average Bonchev–Trinajstić information content (AvgIpc) is 3.09. The van der Waals surface area contributed by atoms with Gasteiger partial charge >= 0.3 is 18.0 Å². The number of amides is 2. The van der Waals surface area contributed by atoms with Crippen LogP contribution in [-0.4, -0.2) is 38.2 Å². The third kappa shape index (κ3) is 5.31. The first kappa shape index (κ1) is 23.3. The molecule has 0 aliphatic carbocycles. The summed E-state index contributed by atoms with van der Waals surface area (Å²) < 4.78 is 15.8. The van der Waals surface area contributed by atoms with Crippen molar-refractivity contribution in [2.24, 2.45) is 0 Å². The number of cyclic esters (lactones) is 1. The van der Waals surface area contributed by atoms with Gasteiger partial charge in [-0.2, -0.15) is 0 Å². The van der Waals surface area contributed by atoms with Crippen molar-refractivity contribution in [3.05, 3.63) is 33.9 Å². The molecule has 1 aromatic carbocycles. The number of hydrogen-bond donors (Lipinski definition) is 2. The van der Waals surface area contributed by atoms with Gasteiger partial charge in [-0.25, -0.2) is 9.59 Å².